The second-order valence-corrected chi connectivity index (χ2v) is 8.07. The van der Waals surface area contributed by atoms with Crippen molar-refractivity contribution in [3.63, 3.8) is 0 Å². The van der Waals surface area contributed by atoms with Crippen LogP contribution in [0.4, 0.5) is 4.39 Å². The first-order chi connectivity index (χ1) is 13.2. The van der Waals surface area contributed by atoms with E-state index in [-0.39, 0.29) is 5.82 Å². The molecular formula is C21H21ClFN3S. The van der Waals surface area contributed by atoms with Gasteiger partial charge in [-0.25, -0.2) is 9.37 Å². The summed E-state index contributed by atoms with van der Waals surface area (Å²) in [6.45, 7) is 5.62. The predicted molar refractivity (Wildman–Crippen MR) is 110 cm³/mol. The van der Waals surface area contributed by atoms with Crippen molar-refractivity contribution in [1.82, 2.24) is 14.8 Å². The molecule has 0 N–H and O–H groups in total. The third-order valence-corrected chi connectivity index (χ3v) is 6.06. The molecule has 0 amide bonds. The summed E-state index contributed by atoms with van der Waals surface area (Å²) in [7, 11) is 0. The number of piperazine rings is 1. The van der Waals surface area contributed by atoms with Gasteiger partial charge in [-0.15, -0.1) is 11.3 Å². The Hall–Kier alpha value is -1.79. The van der Waals surface area contributed by atoms with Gasteiger partial charge >= 0.3 is 0 Å². The Morgan fingerprint density at radius 1 is 0.963 bits per heavy atom. The molecule has 0 radical (unpaired) electrons. The average molecular weight is 402 g/mol. The minimum Gasteiger partial charge on any atom is -0.297 e. The zero-order chi connectivity index (χ0) is 18.6. The Kier molecular flexibility index (Phi) is 5.83. The highest BCUT2D eigenvalue weighted by atomic mass is 35.5. The van der Waals surface area contributed by atoms with Gasteiger partial charge in [-0.05, 0) is 23.8 Å². The zero-order valence-electron chi connectivity index (χ0n) is 14.9. The van der Waals surface area contributed by atoms with Crippen LogP contribution in [0, 0.1) is 5.82 Å². The van der Waals surface area contributed by atoms with Gasteiger partial charge < -0.3 is 0 Å². The van der Waals surface area contributed by atoms with E-state index in [1.165, 1.54) is 6.07 Å². The Bertz CT molecular complexity index is 906. The van der Waals surface area contributed by atoms with Gasteiger partial charge in [0, 0.05) is 50.2 Å². The molecule has 140 valence electrons. The van der Waals surface area contributed by atoms with E-state index in [4.69, 9.17) is 16.6 Å². The van der Waals surface area contributed by atoms with Crippen LogP contribution in [0.25, 0.3) is 10.6 Å². The quantitative estimate of drug-likeness (QED) is 0.604. The van der Waals surface area contributed by atoms with Crippen molar-refractivity contribution in [3.8, 4) is 10.6 Å². The molecule has 1 fully saturated rings. The van der Waals surface area contributed by atoms with Crippen LogP contribution in [0.5, 0.6) is 0 Å². The van der Waals surface area contributed by atoms with Gasteiger partial charge in [-0.3, -0.25) is 9.80 Å². The lowest BCUT2D eigenvalue weighted by molar-refractivity contribution is 0.121. The maximum absolute atomic E-state index is 13.3. The third kappa shape index (κ3) is 4.74. The molecule has 6 heteroatoms. The van der Waals surface area contributed by atoms with Gasteiger partial charge in [-0.1, -0.05) is 41.9 Å². The van der Waals surface area contributed by atoms with Crippen molar-refractivity contribution in [1.29, 1.82) is 0 Å². The number of thiazole rings is 1. The van der Waals surface area contributed by atoms with E-state index in [1.807, 2.05) is 30.3 Å². The minimum absolute atomic E-state index is 0.163. The minimum atomic E-state index is -0.163. The molecular weight excluding hydrogens is 381 g/mol. The molecule has 27 heavy (non-hydrogen) atoms. The maximum atomic E-state index is 13.3. The Morgan fingerprint density at radius 3 is 2.44 bits per heavy atom. The number of hydrogen-bond acceptors (Lipinski definition) is 4. The standard InChI is InChI=1S/C21H21ClFN3S/c22-20-7-2-1-6-19(20)21-24-18(15-27-21)14-26-10-8-25(9-11-26)13-16-4-3-5-17(23)12-16/h1-7,12,15H,8-11,13-14H2. The third-order valence-electron chi connectivity index (χ3n) is 4.80. The van der Waals surface area contributed by atoms with Crippen LogP contribution in [-0.2, 0) is 13.1 Å². The van der Waals surface area contributed by atoms with Crippen molar-refractivity contribution < 1.29 is 4.39 Å². The predicted octanol–water partition coefficient (Wildman–Crippen LogP) is 4.92. The van der Waals surface area contributed by atoms with Crippen LogP contribution < -0.4 is 0 Å². The van der Waals surface area contributed by atoms with Gasteiger partial charge in [0.05, 0.1) is 10.7 Å². The number of hydrogen-bond donors (Lipinski definition) is 0. The SMILES string of the molecule is Fc1cccc(CN2CCN(Cc3csc(-c4ccccc4Cl)n3)CC2)c1. The lowest BCUT2D eigenvalue weighted by atomic mass is 10.2. The van der Waals surface area contributed by atoms with Crippen molar-refractivity contribution >= 4 is 22.9 Å². The molecule has 1 aromatic heterocycles. The molecule has 2 heterocycles. The first-order valence-electron chi connectivity index (χ1n) is 9.06. The summed E-state index contributed by atoms with van der Waals surface area (Å²) in [5.74, 6) is -0.163. The summed E-state index contributed by atoms with van der Waals surface area (Å²) in [6, 6.07) is 14.7. The summed E-state index contributed by atoms with van der Waals surface area (Å²) < 4.78 is 13.3. The number of nitrogens with zero attached hydrogens (tertiary/aromatic N) is 3. The number of rotatable bonds is 5. The molecule has 2 aromatic carbocycles. The van der Waals surface area contributed by atoms with E-state index < -0.39 is 0 Å². The van der Waals surface area contributed by atoms with E-state index in [2.05, 4.69) is 15.2 Å². The van der Waals surface area contributed by atoms with Gasteiger partial charge in [0.15, 0.2) is 0 Å². The molecule has 3 aromatic rings. The molecule has 0 unspecified atom stereocenters. The van der Waals surface area contributed by atoms with Gasteiger partial charge in [0.25, 0.3) is 0 Å². The van der Waals surface area contributed by atoms with Crippen LogP contribution in [0.3, 0.4) is 0 Å². The second-order valence-electron chi connectivity index (χ2n) is 6.81. The van der Waals surface area contributed by atoms with E-state index in [0.717, 1.165) is 66.1 Å². The first-order valence-corrected chi connectivity index (χ1v) is 10.3. The lowest BCUT2D eigenvalue weighted by Gasteiger charge is -2.34. The van der Waals surface area contributed by atoms with E-state index in [9.17, 15) is 4.39 Å². The Balaban J connectivity index is 1.31. The van der Waals surface area contributed by atoms with Crippen LogP contribution in [0.2, 0.25) is 5.02 Å². The van der Waals surface area contributed by atoms with Crippen LogP contribution in [0.15, 0.2) is 53.9 Å². The summed E-state index contributed by atoms with van der Waals surface area (Å²) in [5.41, 5.74) is 3.12. The monoisotopic (exact) mass is 401 g/mol. The number of benzene rings is 2. The van der Waals surface area contributed by atoms with Gasteiger partial charge in [0.2, 0.25) is 0 Å². The van der Waals surface area contributed by atoms with E-state index in [0.29, 0.717) is 0 Å². The Morgan fingerprint density at radius 2 is 1.70 bits per heavy atom. The van der Waals surface area contributed by atoms with Crippen LogP contribution in [-0.4, -0.2) is 41.0 Å². The molecule has 3 nitrogen and oxygen atoms in total. The molecule has 0 bridgehead atoms. The van der Waals surface area contributed by atoms with Crippen molar-refractivity contribution in [2.75, 3.05) is 26.2 Å². The summed E-state index contributed by atoms with van der Waals surface area (Å²) >= 11 is 7.92. The normalized spacial score (nSPS) is 15.9. The zero-order valence-corrected chi connectivity index (χ0v) is 16.5. The number of aromatic nitrogens is 1. The van der Waals surface area contributed by atoms with Gasteiger partial charge in [0.1, 0.15) is 10.8 Å². The number of halogens is 2. The fraction of sp³-hybridized carbons (Fsp3) is 0.286. The molecule has 1 saturated heterocycles. The molecule has 0 atom stereocenters. The highest BCUT2D eigenvalue weighted by Crippen LogP contribution is 2.30. The molecule has 1 aliphatic rings. The van der Waals surface area contributed by atoms with Crippen molar-refractivity contribution in [3.05, 3.63) is 76.0 Å². The maximum Gasteiger partial charge on any atom is 0.125 e. The second kappa shape index (κ2) is 8.48. The molecule has 1 aliphatic heterocycles. The summed E-state index contributed by atoms with van der Waals surface area (Å²) in [5, 5.41) is 3.84. The largest absolute Gasteiger partial charge is 0.297 e. The fourth-order valence-electron chi connectivity index (χ4n) is 3.37. The van der Waals surface area contributed by atoms with Crippen LogP contribution in [0.1, 0.15) is 11.3 Å². The summed E-state index contributed by atoms with van der Waals surface area (Å²) in [4.78, 5) is 9.57. The van der Waals surface area contributed by atoms with Crippen LogP contribution >= 0.6 is 22.9 Å². The average Bonchev–Trinajstić information content (AvgIpc) is 3.12. The highest BCUT2D eigenvalue weighted by Gasteiger charge is 2.18. The van der Waals surface area contributed by atoms with E-state index in [1.54, 1.807) is 23.5 Å². The fourth-order valence-corrected chi connectivity index (χ4v) is 4.50. The molecule has 0 spiro atoms. The van der Waals surface area contributed by atoms with Gasteiger partial charge in [-0.2, -0.15) is 0 Å². The molecule has 4 rings (SSSR count). The summed E-state index contributed by atoms with van der Waals surface area (Å²) in [6.07, 6.45) is 0. The van der Waals surface area contributed by atoms with Crippen molar-refractivity contribution in [2.45, 2.75) is 13.1 Å². The molecule has 0 aliphatic carbocycles. The first kappa shape index (κ1) is 18.6. The topological polar surface area (TPSA) is 19.4 Å². The van der Waals surface area contributed by atoms with Crippen molar-refractivity contribution in [2.24, 2.45) is 0 Å². The van der Waals surface area contributed by atoms with E-state index >= 15 is 0 Å². The Labute approximate surface area is 168 Å². The lowest BCUT2D eigenvalue weighted by Crippen LogP contribution is -2.45. The highest BCUT2D eigenvalue weighted by molar-refractivity contribution is 7.13. The molecule has 0 saturated carbocycles. The smallest absolute Gasteiger partial charge is 0.125 e.